The van der Waals surface area contributed by atoms with Gasteiger partial charge in [0.2, 0.25) is 0 Å². The van der Waals surface area contributed by atoms with Crippen molar-refractivity contribution >= 4 is 11.8 Å². The average Bonchev–Trinajstić information content (AvgIpc) is 2.62. The van der Waals surface area contributed by atoms with E-state index in [4.69, 9.17) is 10.5 Å². The van der Waals surface area contributed by atoms with Gasteiger partial charge in [-0.1, -0.05) is 30.3 Å². The van der Waals surface area contributed by atoms with Gasteiger partial charge in [-0.25, -0.2) is 9.18 Å². The van der Waals surface area contributed by atoms with Crippen LogP contribution in [0.1, 0.15) is 23.7 Å². The number of rotatable bonds is 7. The minimum Gasteiger partial charge on any atom is -0.445 e. The molecular formula is C18H21FN2O4. The summed E-state index contributed by atoms with van der Waals surface area (Å²) < 4.78 is 18.7. The summed E-state index contributed by atoms with van der Waals surface area (Å²) in [5, 5.41) is 22.4. The molecular weight excluding hydrogens is 327 g/mol. The number of nitrogens with one attached hydrogen (secondary N) is 1. The average molecular weight is 348 g/mol. The van der Waals surface area contributed by atoms with Gasteiger partial charge in [-0.05, 0) is 30.2 Å². The predicted molar refractivity (Wildman–Crippen MR) is 91.0 cm³/mol. The summed E-state index contributed by atoms with van der Waals surface area (Å²) in [6, 6.07) is 12.9. The SMILES string of the molecule is Nc1ccc(F)c(C(O)C(O)CCNC(=O)OCc2ccccc2)c1. The second-order valence-corrected chi connectivity index (χ2v) is 5.57. The Hall–Kier alpha value is -2.64. The van der Waals surface area contributed by atoms with E-state index in [0.29, 0.717) is 0 Å². The van der Waals surface area contributed by atoms with E-state index in [9.17, 15) is 19.4 Å². The molecule has 0 saturated heterocycles. The maximum absolute atomic E-state index is 13.7. The molecule has 2 aromatic rings. The highest BCUT2D eigenvalue weighted by Crippen LogP contribution is 2.23. The van der Waals surface area contributed by atoms with E-state index in [1.54, 1.807) is 0 Å². The highest BCUT2D eigenvalue weighted by molar-refractivity contribution is 5.67. The fourth-order valence-corrected chi connectivity index (χ4v) is 2.25. The van der Waals surface area contributed by atoms with Crippen LogP contribution in [-0.2, 0) is 11.3 Å². The molecule has 2 aromatic carbocycles. The van der Waals surface area contributed by atoms with Crippen molar-refractivity contribution in [1.29, 1.82) is 0 Å². The van der Waals surface area contributed by atoms with Crippen LogP contribution in [0, 0.1) is 5.82 Å². The number of nitrogen functional groups attached to an aromatic ring is 1. The number of carbonyl (C=O) groups is 1. The van der Waals surface area contributed by atoms with Crippen molar-refractivity contribution in [1.82, 2.24) is 5.32 Å². The lowest BCUT2D eigenvalue weighted by Gasteiger charge is -2.19. The van der Waals surface area contributed by atoms with Gasteiger partial charge in [0.15, 0.2) is 0 Å². The minimum atomic E-state index is -1.44. The topological polar surface area (TPSA) is 105 Å². The lowest BCUT2D eigenvalue weighted by atomic mass is 10.0. The fraction of sp³-hybridized carbons (Fsp3) is 0.278. The summed E-state index contributed by atoms with van der Waals surface area (Å²) >= 11 is 0. The highest BCUT2D eigenvalue weighted by Gasteiger charge is 2.21. The first-order chi connectivity index (χ1) is 12.0. The lowest BCUT2D eigenvalue weighted by Crippen LogP contribution is -2.30. The van der Waals surface area contributed by atoms with E-state index < -0.39 is 24.1 Å². The molecule has 0 aliphatic heterocycles. The maximum Gasteiger partial charge on any atom is 0.407 e. The van der Waals surface area contributed by atoms with E-state index in [2.05, 4.69) is 5.32 Å². The molecule has 2 atom stereocenters. The largest absolute Gasteiger partial charge is 0.445 e. The van der Waals surface area contributed by atoms with Crippen LogP contribution in [0.2, 0.25) is 0 Å². The Morgan fingerprint density at radius 2 is 1.92 bits per heavy atom. The van der Waals surface area contributed by atoms with Crippen LogP contribution in [0.3, 0.4) is 0 Å². The van der Waals surface area contributed by atoms with Gasteiger partial charge in [-0.15, -0.1) is 0 Å². The number of anilines is 1. The number of halogens is 1. The molecule has 25 heavy (non-hydrogen) atoms. The zero-order valence-corrected chi connectivity index (χ0v) is 13.6. The number of hydrogen-bond donors (Lipinski definition) is 4. The van der Waals surface area contributed by atoms with E-state index >= 15 is 0 Å². The molecule has 0 aliphatic rings. The number of hydrogen-bond acceptors (Lipinski definition) is 5. The molecule has 0 heterocycles. The molecule has 5 N–H and O–H groups in total. The lowest BCUT2D eigenvalue weighted by molar-refractivity contribution is 0.0116. The van der Waals surface area contributed by atoms with Crippen LogP contribution in [0.25, 0.3) is 0 Å². The zero-order valence-electron chi connectivity index (χ0n) is 13.6. The molecule has 7 heteroatoms. The number of amides is 1. The van der Waals surface area contributed by atoms with Crippen LogP contribution >= 0.6 is 0 Å². The number of ether oxygens (including phenoxy) is 1. The van der Waals surface area contributed by atoms with Gasteiger partial charge in [0, 0.05) is 17.8 Å². The first kappa shape index (κ1) is 18.7. The van der Waals surface area contributed by atoms with Gasteiger partial charge in [-0.2, -0.15) is 0 Å². The Bertz CT molecular complexity index is 697. The molecule has 1 amide bonds. The van der Waals surface area contributed by atoms with Crippen molar-refractivity contribution in [2.75, 3.05) is 12.3 Å². The second-order valence-electron chi connectivity index (χ2n) is 5.57. The molecule has 0 aliphatic carbocycles. The molecule has 0 bridgehead atoms. The van der Waals surface area contributed by atoms with Crippen molar-refractivity contribution in [2.24, 2.45) is 0 Å². The maximum atomic E-state index is 13.7. The van der Waals surface area contributed by atoms with Crippen LogP contribution in [0.4, 0.5) is 14.9 Å². The van der Waals surface area contributed by atoms with Gasteiger partial charge in [0.05, 0.1) is 6.10 Å². The number of benzene rings is 2. The van der Waals surface area contributed by atoms with E-state index in [0.717, 1.165) is 11.6 Å². The quantitative estimate of drug-likeness (QED) is 0.574. The summed E-state index contributed by atoms with van der Waals surface area (Å²) in [4.78, 5) is 11.6. The minimum absolute atomic E-state index is 0.0237. The molecule has 2 rings (SSSR count). The highest BCUT2D eigenvalue weighted by atomic mass is 19.1. The van der Waals surface area contributed by atoms with Crippen LogP contribution in [0.15, 0.2) is 48.5 Å². The normalized spacial score (nSPS) is 13.1. The summed E-state index contributed by atoms with van der Waals surface area (Å²) in [7, 11) is 0. The molecule has 0 spiro atoms. The molecule has 0 saturated carbocycles. The summed E-state index contributed by atoms with van der Waals surface area (Å²) in [6.07, 6.45) is -3.31. The Kier molecular flexibility index (Phi) is 6.73. The number of nitrogens with two attached hydrogens (primary N) is 1. The second kappa shape index (κ2) is 9.00. The molecule has 0 aromatic heterocycles. The summed E-state index contributed by atoms with van der Waals surface area (Å²) in [5.74, 6) is -0.656. The Morgan fingerprint density at radius 1 is 1.20 bits per heavy atom. The number of alkyl carbamates (subject to hydrolysis) is 1. The summed E-state index contributed by atoms with van der Waals surface area (Å²) in [6.45, 7) is 0.197. The fourth-order valence-electron chi connectivity index (χ4n) is 2.25. The number of carbonyl (C=O) groups excluding carboxylic acids is 1. The third-order valence-corrected chi connectivity index (χ3v) is 3.63. The van der Waals surface area contributed by atoms with Gasteiger partial charge in [0.25, 0.3) is 0 Å². The molecule has 6 nitrogen and oxygen atoms in total. The first-order valence-electron chi connectivity index (χ1n) is 7.83. The third-order valence-electron chi connectivity index (χ3n) is 3.63. The van der Waals surface area contributed by atoms with Crippen molar-refractivity contribution in [3.8, 4) is 0 Å². The van der Waals surface area contributed by atoms with Crippen molar-refractivity contribution in [3.63, 3.8) is 0 Å². The Labute approximate surface area is 145 Å². The standard InChI is InChI=1S/C18H21FN2O4/c19-15-7-6-13(20)10-14(15)17(23)16(22)8-9-21-18(24)25-11-12-4-2-1-3-5-12/h1-7,10,16-17,22-23H,8-9,11,20H2,(H,21,24). The molecule has 0 fully saturated rings. The smallest absolute Gasteiger partial charge is 0.407 e. The summed E-state index contributed by atoms with van der Waals surface area (Å²) in [5.41, 5.74) is 6.60. The zero-order chi connectivity index (χ0) is 18.2. The Morgan fingerprint density at radius 3 is 2.64 bits per heavy atom. The van der Waals surface area contributed by atoms with Crippen molar-refractivity contribution < 1.29 is 24.1 Å². The van der Waals surface area contributed by atoms with Gasteiger partial charge in [0.1, 0.15) is 18.5 Å². The van der Waals surface area contributed by atoms with Crippen LogP contribution < -0.4 is 11.1 Å². The number of aliphatic hydroxyl groups excluding tert-OH is 2. The monoisotopic (exact) mass is 348 g/mol. The first-order valence-corrected chi connectivity index (χ1v) is 7.83. The number of aliphatic hydroxyl groups is 2. The predicted octanol–water partition coefficient (Wildman–Crippen LogP) is 2.12. The van der Waals surface area contributed by atoms with Crippen molar-refractivity contribution in [3.05, 3.63) is 65.5 Å². The van der Waals surface area contributed by atoms with Gasteiger partial charge >= 0.3 is 6.09 Å². The van der Waals surface area contributed by atoms with Crippen LogP contribution in [-0.4, -0.2) is 29.0 Å². The van der Waals surface area contributed by atoms with E-state index in [1.165, 1.54) is 12.1 Å². The van der Waals surface area contributed by atoms with Crippen molar-refractivity contribution in [2.45, 2.75) is 25.2 Å². The van der Waals surface area contributed by atoms with Gasteiger partial charge < -0.3 is 26.0 Å². The van der Waals surface area contributed by atoms with Gasteiger partial charge in [-0.3, -0.25) is 0 Å². The Balaban J connectivity index is 1.75. The molecule has 134 valence electrons. The molecule has 0 radical (unpaired) electrons. The third kappa shape index (κ3) is 5.74. The van der Waals surface area contributed by atoms with E-state index in [-0.39, 0.29) is 30.8 Å². The molecule has 2 unspecified atom stereocenters. The van der Waals surface area contributed by atoms with Crippen LogP contribution in [0.5, 0.6) is 0 Å². The van der Waals surface area contributed by atoms with E-state index in [1.807, 2.05) is 30.3 Å².